The molecule has 2 saturated carbocycles. The van der Waals surface area contributed by atoms with E-state index in [0.29, 0.717) is 17.8 Å². The summed E-state index contributed by atoms with van der Waals surface area (Å²) in [5.74, 6) is 1.45. The Bertz CT molecular complexity index is 1070. The Kier molecular flexibility index (Phi) is 5.16. The van der Waals surface area contributed by atoms with Gasteiger partial charge in [-0.15, -0.1) is 0 Å². The van der Waals surface area contributed by atoms with Crippen molar-refractivity contribution in [3.8, 4) is 5.75 Å². The lowest BCUT2D eigenvalue weighted by molar-refractivity contribution is -0.384. The van der Waals surface area contributed by atoms with Crippen molar-refractivity contribution in [2.75, 3.05) is 0 Å². The highest BCUT2D eigenvalue weighted by Crippen LogP contribution is 2.61. The molecular formula is C25H28N2O5. The first kappa shape index (κ1) is 20.9. The highest BCUT2D eigenvalue weighted by Gasteiger charge is 2.55. The predicted molar refractivity (Wildman–Crippen MR) is 119 cm³/mol. The molecule has 0 saturated heterocycles. The lowest BCUT2D eigenvalue weighted by Gasteiger charge is -2.50. The number of oxime groups is 1. The molecule has 0 amide bonds. The van der Waals surface area contributed by atoms with Crippen molar-refractivity contribution in [1.29, 1.82) is 0 Å². The molecule has 5 rings (SSSR count). The zero-order valence-corrected chi connectivity index (χ0v) is 18.1. The Labute approximate surface area is 186 Å². The molecule has 5 atom stereocenters. The van der Waals surface area contributed by atoms with Crippen LogP contribution >= 0.6 is 0 Å². The molecule has 0 heterocycles. The van der Waals surface area contributed by atoms with Gasteiger partial charge in [-0.2, -0.15) is 0 Å². The Balaban J connectivity index is 1.41. The van der Waals surface area contributed by atoms with Crippen LogP contribution in [0.15, 0.2) is 47.6 Å². The molecule has 7 nitrogen and oxygen atoms in total. The second-order valence-electron chi connectivity index (χ2n) is 9.73. The SMILES string of the molecule is C[C@]12CC[C@@H]3c4ccc(O)cc4/C(=N/OCc4ccc([N+](=O)[O-])cc4)C[C@H]3[C@@H]1CC[C@@H]2O. The second kappa shape index (κ2) is 7.89. The average Bonchev–Trinajstić information content (AvgIpc) is 3.09. The summed E-state index contributed by atoms with van der Waals surface area (Å²) in [6, 6.07) is 11.8. The van der Waals surface area contributed by atoms with Crippen LogP contribution in [0.1, 0.15) is 61.6 Å². The van der Waals surface area contributed by atoms with Gasteiger partial charge in [-0.3, -0.25) is 10.1 Å². The van der Waals surface area contributed by atoms with Gasteiger partial charge < -0.3 is 15.1 Å². The zero-order valence-electron chi connectivity index (χ0n) is 18.1. The number of hydrogen-bond donors (Lipinski definition) is 2. The molecule has 0 radical (unpaired) electrons. The summed E-state index contributed by atoms with van der Waals surface area (Å²) in [6.45, 7) is 2.45. The van der Waals surface area contributed by atoms with Crippen molar-refractivity contribution >= 4 is 11.4 Å². The van der Waals surface area contributed by atoms with E-state index in [-0.39, 0.29) is 29.6 Å². The average molecular weight is 437 g/mol. The number of phenols is 1. The normalized spacial score (nSPS) is 32.1. The van der Waals surface area contributed by atoms with Crippen LogP contribution in [-0.4, -0.2) is 27.0 Å². The first-order valence-corrected chi connectivity index (χ1v) is 11.3. The number of nitro groups is 1. The number of aliphatic hydroxyl groups is 1. The number of aromatic hydroxyl groups is 1. The summed E-state index contributed by atoms with van der Waals surface area (Å²) < 4.78 is 0. The molecule has 168 valence electrons. The van der Waals surface area contributed by atoms with E-state index in [1.165, 1.54) is 17.7 Å². The van der Waals surface area contributed by atoms with E-state index in [1.54, 1.807) is 24.3 Å². The fourth-order valence-corrected chi connectivity index (χ4v) is 6.37. The minimum Gasteiger partial charge on any atom is -0.508 e. The van der Waals surface area contributed by atoms with E-state index in [0.717, 1.165) is 48.9 Å². The fraction of sp³-hybridized carbons (Fsp3) is 0.480. The minimum absolute atomic E-state index is 0.0414. The first-order chi connectivity index (χ1) is 15.4. The zero-order chi connectivity index (χ0) is 22.5. The molecule has 0 spiro atoms. The number of benzene rings is 2. The molecule has 2 aromatic rings. The van der Waals surface area contributed by atoms with Crippen LogP contribution in [0, 0.1) is 27.4 Å². The van der Waals surface area contributed by atoms with Crippen molar-refractivity contribution in [2.45, 2.75) is 57.7 Å². The first-order valence-electron chi connectivity index (χ1n) is 11.3. The topological polar surface area (TPSA) is 105 Å². The third kappa shape index (κ3) is 3.45. The Morgan fingerprint density at radius 3 is 2.72 bits per heavy atom. The number of hydrogen-bond acceptors (Lipinski definition) is 6. The highest BCUT2D eigenvalue weighted by molar-refractivity contribution is 6.03. The number of aliphatic hydroxyl groups excluding tert-OH is 1. The largest absolute Gasteiger partial charge is 0.508 e. The van der Waals surface area contributed by atoms with Gasteiger partial charge in [0, 0.05) is 17.7 Å². The van der Waals surface area contributed by atoms with E-state index in [2.05, 4.69) is 12.1 Å². The minimum atomic E-state index is -0.426. The van der Waals surface area contributed by atoms with Gasteiger partial charge in [0.25, 0.3) is 5.69 Å². The lowest BCUT2D eigenvalue weighted by Crippen LogP contribution is -2.45. The van der Waals surface area contributed by atoms with Crippen molar-refractivity contribution in [2.24, 2.45) is 22.4 Å². The Morgan fingerprint density at radius 1 is 1.19 bits per heavy atom. The van der Waals surface area contributed by atoms with Gasteiger partial charge in [-0.1, -0.05) is 18.1 Å². The molecule has 2 N–H and O–H groups in total. The monoisotopic (exact) mass is 436 g/mol. The second-order valence-corrected chi connectivity index (χ2v) is 9.73. The molecule has 0 unspecified atom stereocenters. The van der Waals surface area contributed by atoms with Crippen molar-refractivity contribution in [3.05, 3.63) is 69.3 Å². The van der Waals surface area contributed by atoms with Crippen LogP contribution in [0.2, 0.25) is 0 Å². The molecule has 0 bridgehead atoms. The molecule has 7 heteroatoms. The van der Waals surface area contributed by atoms with E-state index in [9.17, 15) is 20.3 Å². The molecule has 32 heavy (non-hydrogen) atoms. The third-order valence-corrected chi connectivity index (χ3v) is 8.12. The van der Waals surface area contributed by atoms with Gasteiger partial charge in [0.2, 0.25) is 0 Å². The summed E-state index contributed by atoms with van der Waals surface area (Å²) in [5, 5.41) is 36.1. The third-order valence-electron chi connectivity index (χ3n) is 8.12. The molecule has 0 aliphatic heterocycles. The summed E-state index contributed by atoms with van der Waals surface area (Å²) in [7, 11) is 0. The number of phenolic OH excluding ortho intramolecular Hbond substituents is 1. The lowest BCUT2D eigenvalue weighted by atomic mass is 9.55. The Hall–Kier alpha value is -2.93. The molecule has 0 aromatic heterocycles. The maximum absolute atomic E-state index is 10.8. The number of nitrogens with zero attached hydrogens (tertiary/aromatic N) is 2. The predicted octanol–water partition coefficient (Wildman–Crippen LogP) is 4.90. The molecule has 2 fully saturated rings. The number of nitro benzene ring substituents is 1. The van der Waals surface area contributed by atoms with E-state index < -0.39 is 4.92 Å². The highest BCUT2D eigenvalue weighted by atomic mass is 16.6. The Morgan fingerprint density at radius 2 is 1.97 bits per heavy atom. The quantitative estimate of drug-likeness (QED) is 0.524. The summed E-state index contributed by atoms with van der Waals surface area (Å²) in [4.78, 5) is 16.1. The molecular weight excluding hydrogens is 408 g/mol. The van der Waals surface area contributed by atoms with Crippen LogP contribution in [0.4, 0.5) is 5.69 Å². The number of fused-ring (bicyclic) bond motifs is 5. The van der Waals surface area contributed by atoms with E-state index >= 15 is 0 Å². The smallest absolute Gasteiger partial charge is 0.269 e. The van der Waals surface area contributed by atoms with Gasteiger partial charge in [0.05, 0.1) is 16.7 Å². The van der Waals surface area contributed by atoms with Gasteiger partial charge in [-0.05, 0) is 90.7 Å². The number of non-ortho nitro benzene ring substituents is 1. The van der Waals surface area contributed by atoms with Gasteiger partial charge in [0.1, 0.15) is 12.4 Å². The number of rotatable bonds is 4. The maximum atomic E-state index is 10.8. The summed E-state index contributed by atoms with van der Waals surface area (Å²) in [6.07, 6.45) is 4.45. The summed E-state index contributed by atoms with van der Waals surface area (Å²) in [5.41, 5.74) is 3.78. The van der Waals surface area contributed by atoms with Crippen LogP contribution in [-0.2, 0) is 11.4 Å². The maximum Gasteiger partial charge on any atom is 0.269 e. The van der Waals surface area contributed by atoms with Crippen molar-refractivity contribution in [1.82, 2.24) is 0 Å². The van der Waals surface area contributed by atoms with Crippen LogP contribution in [0.5, 0.6) is 5.75 Å². The van der Waals surface area contributed by atoms with Crippen molar-refractivity contribution in [3.63, 3.8) is 0 Å². The van der Waals surface area contributed by atoms with Crippen molar-refractivity contribution < 1.29 is 20.0 Å². The van der Waals surface area contributed by atoms with Gasteiger partial charge in [0.15, 0.2) is 0 Å². The van der Waals surface area contributed by atoms with E-state index in [4.69, 9.17) is 4.84 Å². The summed E-state index contributed by atoms with van der Waals surface area (Å²) >= 11 is 0. The van der Waals surface area contributed by atoms with Gasteiger partial charge in [-0.25, -0.2) is 0 Å². The molecule has 3 aliphatic carbocycles. The van der Waals surface area contributed by atoms with E-state index in [1.807, 2.05) is 6.07 Å². The standard InChI is InChI=1S/C25H28N2O5/c1-25-11-10-19-18-7-6-17(28)12-21(18)23(13-20(19)22(25)8-9-24(25)29)26-32-14-15-2-4-16(5-3-15)27(30)31/h2-7,12,19-20,22,24,28-29H,8-11,13-14H2,1H3/b26-23+/t19-,20-,22+,24+,25+/m1/s1. The van der Waals surface area contributed by atoms with Gasteiger partial charge >= 0.3 is 0 Å². The van der Waals surface area contributed by atoms with Crippen LogP contribution in [0.3, 0.4) is 0 Å². The molecule has 3 aliphatic rings. The molecule has 2 aromatic carbocycles. The fourth-order valence-electron chi connectivity index (χ4n) is 6.37. The van der Waals surface area contributed by atoms with Crippen LogP contribution in [0.25, 0.3) is 0 Å². The van der Waals surface area contributed by atoms with Crippen LogP contribution < -0.4 is 0 Å².